The van der Waals surface area contributed by atoms with Crippen molar-refractivity contribution in [2.45, 2.75) is 69.1 Å². The van der Waals surface area contributed by atoms with Gasteiger partial charge in [-0.1, -0.05) is 12.1 Å². The summed E-state index contributed by atoms with van der Waals surface area (Å²) >= 11 is 0. The molecule has 0 aromatic heterocycles. The van der Waals surface area contributed by atoms with Gasteiger partial charge in [-0.3, -0.25) is 24.4 Å². The van der Waals surface area contributed by atoms with Crippen LogP contribution in [0.15, 0.2) is 34.3 Å². The number of nitrogens with two attached hydrogens (primary N) is 4. The third-order valence-corrected chi connectivity index (χ3v) is 6.52. The Labute approximate surface area is 243 Å². The molecule has 14 N–H and O–H groups in total. The molecule has 1 aliphatic rings. The third-order valence-electron chi connectivity index (χ3n) is 6.52. The van der Waals surface area contributed by atoms with E-state index in [2.05, 4.69) is 31.3 Å². The first-order valence-corrected chi connectivity index (χ1v) is 13.7. The number of carboxylic acids is 1. The minimum absolute atomic E-state index is 0.0135. The highest BCUT2D eigenvalue weighted by atomic mass is 16.4. The van der Waals surface area contributed by atoms with Gasteiger partial charge >= 0.3 is 5.97 Å². The average Bonchev–Trinajstić information content (AvgIpc) is 3.47. The van der Waals surface area contributed by atoms with Crippen LogP contribution in [-0.2, 0) is 25.6 Å². The van der Waals surface area contributed by atoms with E-state index in [-0.39, 0.29) is 62.3 Å². The maximum absolute atomic E-state index is 13.5. The number of amides is 3. The molecule has 1 heterocycles. The summed E-state index contributed by atoms with van der Waals surface area (Å²) in [5, 5.41) is 30.3. The number of rotatable bonds is 17. The lowest BCUT2D eigenvalue weighted by Crippen LogP contribution is -2.57. The van der Waals surface area contributed by atoms with Crippen molar-refractivity contribution in [3.63, 3.8) is 0 Å². The minimum atomic E-state index is -1.27. The van der Waals surface area contributed by atoms with Crippen LogP contribution in [0.25, 0.3) is 0 Å². The van der Waals surface area contributed by atoms with E-state index in [1.165, 1.54) is 12.1 Å². The number of guanidine groups is 2. The number of phenols is 1. The Morgan fingerprint density at radius 3 is 1.93 bits per heavy atom. The summed E-state index contributed by atoms with van der Waals surface area (Å²) in [6, 6.07) is 2.08. The van der Waals surface area contributed by atoms with Crippen molar-refractivity contribution in [1.82, 2.24) is 21.3 Å². The fourth-order valence-electron chi connectivity index (χ4n) is 4.34. The molecule has 0 saturated carbocycles. The molecular weight excluding hydrogens is 548 g/mol. The standard InChI is InChI=1S/C26H42N10O6/c27-25(28)32-12-2-5-18(34-21(38)17-4-1-11-31-17)22(39)36-20(14-15-7-9-16(37)10-8-15)23(40)35-19(24(41)42)6-3-13-33-26(29)30/h7-10,17-20,31,37H,1-6,11-14H2,(H,34,38)(H,35,40)(H,36,39)(H,41,42)(H4,27,28,32)(H4,29,30,33). The monoisotopic (exact) mass is 590 g/mol. The first-order valence-electron chi connectivity index (χ1n) is 13.7. The van der Waals surface area contributed by atoms with Crippen LogP contribution >= 0.6 is 0 Å². The first-order chi connectivity index (χ1) is 20.0. The van der Waals surface area contributed by atoms with Crippen molar-refractivity contribution < 1.29 is 29.4 Å². The van der Waals surface area contributed by atoms with E-state index in [0.29, 0.717) is 24.9 Å². The molecular formula is C26H42N10O6. The minimum Gasteiger partial charge on any atom is -0.508 e. The molecule has 0 aliphatic carbocycles. The highest BCUT2D eigenvalue weighted by Gasteiger charge is 2.31. The Balaban J connectivity index is 2.21. The van der Waals surface area contributed by atoms with E-state index in [0.717, 1.165) is 6.42 Å². The number of nitrogens with zero attached hydrogens (tertiary/aromatic N) is 2. The van der Waals surface area contributed by atoms with Crippen molar-refractivity contribution in [2.75, 3.05) is 19.6 Å². The molecule has 2 rings (SSSR count). The van der Waals surface area contributed by atoms with Crippen molar-refractivity contribution in [1.29, 1.82) is 0 Å². The number of aliphatic imine (C=N–C) groups is 2. The summed E-state index contributed by atoms with van der Waals surface area (Å²) in [5.41, 5.74) is 21.9. The van der Waals surface area contributed by atoms with Crippen molar-refractivity contribution in [2.24, 2.45) is 32.9 Å². The fourth-order valence-corrected chi connectivity index (χ4v) is 4.34. The van der Waals surface area contributed by atoms with Gasteiger partial charge in [0.25, 0.3) is 0 Å². The molecule has 1 aromatic rings. The van der Waals surface area contributed by atoms with Gasteiger partial charge in [0.05, 0.1) is 6.04 Å². The molecule has 42 heavy (non-hydrogen) atoms. The number of carboxylic acid groups (broad SMARTS) is 1. The molecule has 16 heteroatoms. The van der Waals surface area contributed by atoms with Crippen LogP contribution < -0.4 is 44.2 Å². The van der Waals surface area contributed by atoms with Gasteiger partial charge in [0.15, 0.2) is 11.9 Å². The van der Waals surface area contributed by atoms with Gasteiger partial charge in [0.2, 0.25) is 17.7 Å². The van der Waals surface area contributed by atoms with E-state index in [4.69, 9.17) is 22.9 Å². The molecule has 1 aliphatic heterocycles. The van der Waals surface area contributed by atoms with E-state index in [9.17, 15) is 29.4 Å². The number of aliphatic carboxylic acids is 1. The lowest BCUT2D eigenvalue weighted by atomic mass is 10.0. The second-order valence-electron chi connectivity index (χ2n) is 9.94. The molecule has 3 amide bonds. The Kier molecular flexibility index (Phi) is 13.8. The van der Waals surface area contributed by atoms with Gasteiger partial charge < -0.3 is 54.4 Å². The maximum atomic E-state index is 13.5. The van der Waals surface area contributed by atoms with Gasteiger partial charge in [-0.2, -0.15) is 0 Å². The number of phenolic OH excluding ortho intramolecular Hbond substituents is 1. The molecule has 16 nitrogen and oxygen atoms in total. The number of benzene rings is 1. The molecule has 0 bridgehead atoms. The number of carbonyl (C=O) groups is 4. The zero-order chi connectivity index (χ0) is 31.1. The Morgan fingerprint density at radius 2 is 1.40 bits per heavy atom. The molecule has 4 unspecified atom stereocenters. The van der Waals surface area contributed by atoms with Crippen molar-refractivity contribution >= 4 is 35.6 Å². The zero-order valence-electron chi connectivity index (χ0n) is 23.4. The number of carbonyl (C=O) groups excluding carboxylic acids is 3. The predicted molar refractivity (Wildman–Crippen MR) is 156 cm³/mol. The van der Waals surface area contributed by atoms with Crippen molar-refractivity contribution in [3.8, 4) is 5.75 Å². The van der Waals surface area contributed by atoms with Crippen LogP contribution in [0.3, 0.4) is 0 Å². The number of nitrogens with one attached hydrogen (secondary N) is 4. The summed E-state index contributed by atoms with van der Waals surface area (Å²) in [4.78, 5) is 59.2. The number of hydrogen-bond acceptors (Lipinski definition) is 8. The Hall–Kier alpha value is -4.60. The SMILES string of the molecule is NC(N)=NCCCC(NC(=O)C(Cc1ccc(O)cc1)NC(=O)C(CCCN=C(N)N)NC(=O)C1CCCN1)C(=O)O. The molecule has 1 aromatic carbocycles. The predicted octanol–water partition coefficient (Wildman–Crippen LogP) is -2.67. The van der Waals surface area contributed by atoms with Crippen molar-refractivity contribution in [3.05, 3.63) is 29.8 Å². The largest absolute Gasteiger partial charge is 0.508 e. The van der Waals surface area contributed by atoms with Gasteiger partial charge in [0, 0.05) is 19.5 Å². The van der Waals surface area contributed by atoms with Crippen LogP contribution in [0.5, 0.6) is 5.75 Å². The number of aromatic hydroxyl groups is 1. The van der Waals surface area contributed by atoms with Gasteiger partial charge in [0.1, 0.15) is 23.9 Å². The molecule has 4 atom stereocenters. The highest BCUT2D eigenvalue weighted by Crippen LogP contribution is 2.13. The summed E-state index contributed by atoms with van der Waals surface area (Å²) in [7, 11) is 0. The molecule has 1 saturated heterocycles. The van der Waals surface area contributed by atoms with Gasteiger partial charge in [-0.05, 0) is 62.8 Å². The quantitative estimate of drug-likeness (QED) is 0.0507. The van der Waals surface area contributed by atoms with E-state index in [1.807, 2.05) is 0 Å². The summed E-state index contributed by atoms with van der Waals surface area (Å²) < 4.78 is 0. The van der Waals surface area contributed by atoms with E-state index < -0.39 is 42.0 Å². The Morgan fingerprint density at radius 1 is 0.857 bits per heavy atom. The zero-order valence-corrected chi connectivity index (χ0v) is 23.4. The second-order valence-corrected chi connectivity index (χ2v) is 9.94. The fraction of sp³-hybridized carbons (Fsp3) is 0.538. The van der Waals surface area contributed by atoms with Gasteiger partial charge in [-0.15, -0.1) is 0 Å². The molecule has 232 valence electrons. The Bertz CT molecular complexity index is 1110. The van der Waals surface area contributed by atoms with E-state index >= 15 is 0 Å². The summed E-state index contributed by atoms with van der Waals surface area (Å²) in [6.45, 7) is 1.08. The molecule has 0 spiro atoms. The van der Waals surface area contributed by atoms with Crippen LogP contribution in [0, 0.1) is 0 Å². The number of hydrogen-bond donors (Lipinski definition) is 10. The van der Waals surface area contributed by atoms with Crippen LogP contribution in [0.1, 0.15) is 44.1 Å². The lowest BCUT2D eigenvalue weighted by Gasteiger charge is -2.25. The normalized spacial score (nSPS) is 16.3. The summed E-state index contributed by atoms with van der Waals surface area (Å²) in [5.74, 6) is -3.21. The average molecular weight is 591 g/mol. The topological polar surface area (TPSA) is 286 Å². The van der Waals surface area contributed by atoms with Crippen LogP contribution in [0.4, 0.5) is 0 Å². The third kappa shape index (κ3) is 12.3. The highest BCUT2D eigenvalue weighted by molar-refractivity contribution is 5.94. The van der Waals surface area contributed by atoms with E-state index in [1.54, 1.807) is 12.1 Å². The first kappa shape index (κ1) is 33.6. The second kappa shape index (κ2) is 17.3. The maximum Gasteiger partial charge on any atom is 0.326 e. The lowest BCUT2D eigenvalue weighted by molar-refractivity contribution is -0.142. The van der Waals surface area contributed by atoms with Crippen LogP contribution in [0.2, 0.25) is 0 Å². The smallest absolute Gasteiger partial charge is 0.326 e. The van der Waals surface area contributed by atoms with Gasteiger partial charge in [-0.25, -0.2) is 4.79 Å². The molecule has 0 radical (unpaired) electrons. The van der Waals surface area contributed by atoms with Crippen LogP contribution in [-0.4, -0.2) is 89.6 Å². The summed E-state index contributed by atoms with van der Waals surface area (Å²) in [6.07, 6.45) is 2.29. The molecule has 1 fully saturated rings.